The first-order valence-corrected chi connectivity index (χ1v) is 11.1. The maximum absolute atomic E-state index is 13.5. The van der Waals surface area contributed by atoms with Gasteiger partial charge in [-0.1, -0.05) is 42.5 Å². The van der Waals surface area contributed by atoms with E-state index in [-0.39, 0.29) is 18.3 Å². The van der Waals surface area contributed by atoms with Gasteiger partial charge in [0.15, 0.2) is 0 Å². The van der Waals surface area contributed by atoms with Crippen molar-refractivity contribution < 1.29 is 23.5 Å². The van der Waals surface area contributed by atoms with Crippen molar-refractivity contribution in [2.45, 2.75) is 44.8 Å². The molecule has 1 heterocycles. The third-order valence-electron chi connectivity index (χ3n) is 5.75. The van der Waals surface area contributed by atoms with Crippen molar-refractivity contribution in [2.75, 3.05) is 13.1 Å². The molecule has 0 aromatic heterocycles. The van der Waals surface area contributed by atoms with E-state index in [1.54, 1.807) is 29.2 Å². The molecular weight excluding hydrogens is 421 g/mol. The predicted molar refractivity (Wildman–Crippen MR) is 125 cm³/mol. The van der Waals surface area contributed by atoms with Crippen LogP contribution in [0.4, 0.5) is 9.18 Å². The highest BCUT2D eigenvalue weighted by atomic mass is 19.1. The normalized spacial score (nSPS) is 18.7. The number of ether oxygens (including phenoxy) is 2. The molecule has 1 fully saturated rings. The third kappa shape index (κ3) is 5.51. The van der Waals surface area contributed by atoms with E-state index >= 15 is 0 Å². The smallest absolute Gasteiger partial charge is 0.410 e. The van der Waals surface area contributed by atoms with Gasteiger partial charge in [-0.05, 0) is 67.8 Å². The monoisotopic (exact) mass is 449 g/mol. The van der Waals surface area contributed by atoms with Crippen molar-refractivity contribution >= 4 is 22.8 Å². The zero-order valence-corrected chi connectivity index (χ0v) is 19.1. The van der Waals surface area contributed by atoms with Crippen LogP contribution in [-0.4, -0.2) is 41.8 Å². The number of piperidine rings is 1. The Morgan fingerprint density at radius 1 is 0.970 bits per heavy atom. The molecule has 5 nitrogen and oxygen atoms in total. The van der Waals surface area contributed by atoms with Gasteiger partial charge < -0.3 is 14.4 Å². The number of carbonyl (C=O) groups is 2. The molecule has 1 saturated heterocycles. The first-order chi connectivity index (χ1) is 15.7. The summed E-state index contributed by atoms with van der Waals surface area (Å²) in [5.41, 5.74) is 0.694. The Hall–Kier alpha value is -3.41. The Balaban J connectivity index is 1.57. The van der Waals surface area contributed by atoms with E-state index in [0.29, 0.717) is 18.5 Å². The van der Waals surface area contributed by atoms with Gasteiger partial charge in [0.1, 0.15) is 17.5 Å². The predicted octanol–water partition coefficient (Wildman–Crippen LogP) is 5.93. The number of rotatable bonds is 3. The number of amides is 1. The van der Waals surface area contributed by atoms with Crippen LogP contribution in [0.15, 0.2) is 66.7 Å². The molecule has 0 radical (unpaired) electrons. The largest absolute Gasteiger partial charge is 0.456 e. The zero-order valence-electron chi connectivity index (χ0n) is 19.1. The van der Waals surface area contributed by atoms with E-state index in [0.717, 1.165) is 16.3 Å². The van der Waals surface area contributed by atoms with Gasteiger partial charge in [0.05, 0.1) is 12.1 Å². The first-order valence-electron chi connectivity index (χ1n) is 11.1. The highest BCUT2D eigenvalue weighted by Crippen LogP contribution is 2.32. The summed E-state index contributed by atoms with van der Waals surface area (Å²) in [6.07, 6.45) is -0.455. The highest BCUT2D eigenvalue weighted by Gasteiger charge is 2.37. The topological polar surface area (TPSA) is 55.8 Å². The Morgan fingerprint density at radius 3 is 2.36 bits per heavy atom. The van der Waals surface area contributed by atoms with Crippen molar-refractivity contribution in [2.24, 2.45) is 0 Å². The molecule has 2 atom stereocenters. The second kappa shape index (κ2) is 9.22. The zero-order chi connectivity index (χ0) is 23.6. The summed E-state index contributed by atoms with van der Waals surface area (Å²) in [4.78, 5) is 27.3. The van der Waals surface area contributed by atoms with Gasteiger partial charge in [-0.2, -0.15) is 0 Å². The Morgan fingerprint density at radius 2 is 1.67 bits per heavy atom. The number of nitrogens with zero attached hydrogens (tertiary/aromatic N) is 1. The van der Waals surface area contributed by atoms with Crippen LogP contribution in [0.25, 0.3) is 10.8 Å². The lowest BCUT2D eigenvalue weighted by Gasteiger charge is -2.38. The van der Waals surface area contributed by atoms with E-state index in [4.69, 9.17) is 9.47 Å². The molecule has 172 valence electrons. The summed E-state index contributed by atoms with van der Waals surface area (Å²) in [5.74, 6) is -0.938. The SMILES string of the molecule is CC(C)(C)OC(=O)N1CCC(c2ccc(F)cc2)C(OC(=O)c2ccc3ccccc3c2)C1. The maximum Gasteiger partial charge on any atom is 0.410 e. The van der Waals surface area contributed by atoms with Gasteiger partial charge >= 0.3 is 12.1 Å². The molecule has 4 rings (SSSR count). The second-order valence-corrected chi connectivity index (χ2v) is 9.38. The first kappa shape index (κ1) is 22.8. The summed E-state index contributed by atoms with van der Waals surface area (Å²) in [6, 6.07) is 19.4. The van der Waals surface area contributed by atoms with Gasteiger partial charge in [-0.15, -0.1) is 0 Å². The lowest BCUT2D eigenvalue weighted by atomic mass is 9.87. The maximum atomic E-state index is 13.5. The van der Waals surface area contributed by atoms with Crippen LogP contribution >= 0.6 is 0 Å². The van der Waals surface area contributed by atoms with Gasteiger partial charge in [0.2, 0.25) is 0 Å². The molecule has 6 heteroatoms. The molecule has 1 amide bonds. The summed E-state index contributed by atoms with van der Waals surface area (Å²) in [6.45, 7) is 6.10. The average molecular weight is 450 g/mol. The van der Waals surface area contributed by atoms with E-state index in [1.807, 2.05) is 51.1 Å². The van der Waals surface area contributed by atoms with Gasteiger partial charge in [-0.25, -0.2) is 14.0 Å². The fourth-order valence-electron chi connectivity index (χ4n) is 4.14. The summed E-state index contributed by atoms with van der Waals surface area (Å²) in [7, 11) is 0. The molecule has 0 spiro atoms. The molecule has 3 aromatic carbocycles. The van der Waals surface area contributed by atoms with Gasteiger partial charge in [0, 0.05) is 12.5 Å². The minimum atomic E-state index is -0.623. The molecule has 1 aliphatic heterocycles. The molecule has 2 unspecified atom stereocenters. The van der Waals surface area contributed by atoms with E-state index in [1.165, 1.54) is 12.1 Å². The molecule has 0 bridgehead atoms. The molecular formula is C27H28FNO4. The fraction of sp³-hybridized carbons (Fsp3) is 0.333. The van der Waals surface area contributed by atoms with Crippen LogP contribution < -0.4 is 0 Å². The summed E-state index contributed by atoms with van der Waals surface area (Å²) >= 11 is 0. The van der Waals surface area contributed by atoms with E-state index < -0.39 is 23.8 Å². The van der Waals surface area contributed by atoms with Gasteiger partial charge in [0.25, 0.3) is 0 Å². The number of carbonyl (C=O) groups excluding carboxylic acids is 2. The Labute approximate surface area is 193 Å². The van der Waals surface area contributed by atoms with Crippen molar-refractivity contribution in [1.82, 2.24) is 4.90 Å². The number of hydrogen-bond acceptors (Lipinski definition) is 4. The number of hydrogen-bond donors (Lipinski definition) is 0. The lowest BCUT2D eigenvalue weighted by molar-refractivity contribution is -0.0182. The van der Waals surface area contributed by atoms with Crippen LogP contribution in [0.3, 0.4) is 0 Å². The summed E-state index contributed by atoms with van der Waals surface area (Å²) in [5, 5.41) is 1.98. The van der Waals surface area contributed by atoms with Crippen LogP contribution in [0.5, 0.6) is 0 Å². The second-order valence-electron chi connectivity index (χ2n) is 9.38. The average Bonchev–Trinajstić information content (AvgIpc) is 2.78. The number of benzene rings is 3. The van der Waals surface area contributed by atoms with Crippen molar-refractivity contribution in [3.63, 3.8) is 0 Å². The van der Waals surface area contributed by atoms with Crippen molar-refractivity contribution in [1.29, 1.82) is 0 Å². The van der Waals surface area contributed by atoms with Crippen molar-refractivity contribution in [3.05, 3.63) is 83.7 Å². The molecule has 3 aromatic rings. The van der Waals surface area contributed by atoms with E-state index in [9.17, 15) is 14.0 Å². The highest BCUT2D eigenvalue weighted by molar-refractivity contribution is 5.95. The molecule has 0 aliphatic carbocycles. The van der Waals surface area contributed by atoms with Crippen molar-refractivity contribution in [3.8, 4) is 0 Å². The van der Waals surface area contributed by atoms with Crippen LogP contribution in [0.1, 0.15) is 49.0 Å². The standard InChI is InChI=1S/C27H28FNO4/c1-27(2,3)33-26(31)29-15-14-23(19-10-12-22(28)13-11-19)24(17-29)32-25(30)21-9-8-18-6-4-5-7-20(18)16-21/h4-13,16,23-24H,14-15,17H2,1-3H3. The minimum Gasteiger partial charge on any atom is -0.456 e. The van der Waals surface area contributed by atoms with Crippen LogP contribution in [0.2, 0.25) is 0 Å². The number of halogens is 1. The molecule has 33 heavy (non-hydrogen) atoms. The van der Waals surface area contributed by atoms with Crippen LogP contribution in [-0.2, 0) is 9.47 Å². The van der Waals surface area contributed by atoms with Gasteiger partial charge in [-0.3, -0.25) is 0 Å². The Bertz CT molecular complexity index is 1150. The fourth-order valence-corrected chi connectivity index (χ4v) is 4.14. The third-order valence-corrected chi connectivity index (χ3v) is 5.75. The molecule has 1 aliphatic rings. The molecule has 0 N–H and O–H groups in total. The Kier molecular flexibility index (Phi) is 6.36. The minimum absolute atomic E-state index is 0.159. The number of esters is 1. The lowest BCUT2D eigenvalue weighted by Crippen LogP contribution is -2.49. The summed E-state index contributed by atoms with van der Waals surface area (Å²) < 4.78 is 24.9. The van der Waals surface area contributed by atoms with E-state index in [2.05, 4.69) is 0 Å². The van der Waals surface area contributed by atoms with Crippen LogP contribution in [0, 0.1) is 5.82 Å². The quantitative estimate of drug-likeness (QED) is 0.465. The number of fused-ring (bicyclic) bond motifs is 1. The number of likely N-dealkylation sites (tertiary alicyclic amines) is 1. The molecule has 0 saturated carbocycles.